The monoisotopic (exact) mass is 281 g/mol. The van der Waals surface area contributed by atoms with E-state index in [1.807, 2.05) is 12.1 Å². The van der Waals surface area contributed by atoms with Gasteiger partial charge >= 0.3 is 0 Å². The van der Waals surface area contributed by atoms with Crippen molar-refractivity contribution >= 4 is 0 Å². The maximum absolute atomic E-state index is 6.12. The lowest BCUT2D eigenvalue weighted by molar-refractivity contribution is -0.0417. The topological polar surface area (TPSA) is 49.0 Å². The summed E-state index contributed by atoms with van der Waals surface area (Å²) in [4.78, 5) is 0. The zero-order chi connectivity index (χ0) is 14.5. The maximum atomic E-state index is 6.12. The van der Waals surface area contributed by atoms with Gasteiger partial charge in [0.25, 0.3) is 0 Å². The van der Waals surface area contributed by atoms with Crippen molar-refractivity contribution in [2.75, 3.05) is 34.4 Å². The highest BCUT2D eigenvalue weighted by Gasteiger charge is 2.28. The van der Waals surface area contributed by atoms with E-state index in [-0.39, 0.29) is 12.2 Å². The molecular weight excluding hydrogens is 258 g/mol. The minimum atomic E-state index is -0.0792. The number of nitrogens with one attached hydrogen (secondary N) is 1. The molecule has 2 rings (SSSR count). The van der Waals surface area contributed by atoms with Crippen LogP contribution in [0.5, 0.6) is 17.2 Å². The SMILES string of the molecule is CCC1CNCC(c2c(OC)cc(OC)cc2OC)O1. The summed E-state index contributed by atoms with van der Waals surface area (Å²) in [6.45, 7) is 3.75. The van der Waals surface area contributed by atoms with E-state index in [1.54, 1.807) is 21.3 Å². The molecule has 1 aromatic rings. The van der Waals surface area contributed by atoms with E-state index in [9.17, 15) is 0 Å². The number of benzene rings is 1. The molecule has 5 heteroatoms. The second-order valence-electron chi connectivity index (χ2n) is 4.76. The Balaban J connectivity index is 2.38. The molecule has 1 aliphatic heterocycles. The highest BCUT2D eigenvalue weighted by Crippen LogP contribution is 2.40. The average molecular weight is 281 g/mol. The third-order valence-corrected chi connectivity index (χ3v) is 3.59. The van der Waals surface area contributed by atoms with Crippen LogP contribution in [0.2, 0.25) is 0 Å². The molecule has 1 heterocycles. The number of hydrogen-bond acceptors (Lipinski definition) is 5. The molecule has 1 aromatic carbocycles. The lowest BCUT2D eigenvalue weighted by Gasteiger charge is -2.32. The van der Waals surface area contributed by atoms with Crippen molar-refractivity contribution in [3.63, 3.8) is 0 Å². The fraction of sp³-hybridized carbons (Fsp3) is 0.600. The van der Waals surface area contributed by atoms with E-state index in [0.717, 1.165) is 36.6 Å². The first-order valence-corrected chi connectivity index (χ1v) is 6.89. The number of morpholine rings is 1. The summed E-state index contributed by atoms with van der Waals surface area (Å²) in [7, 11) is 4.91. The van der Waals surface area contributed by atoms with Crippen molar-refractivity contribution < 1.29 is 18.9 Å². The van der Waals surface area contributed by atoms with Gasteiger partial charge in [0.2, 0.25) is 0 Å². The van der Waals surface area contributed by atoms with Gasteiger partial charge in [0.05, 0.1) is 33.0 Å². The summed E-state index contributed by atoms with van der Waals surface area (Å²) >= 11 is 0. The molecule has 2 unspecified atom stereocenters. The molecule has 1 fully saturated rings. The molecule has 0 radical (unpaired) electrons. The Hall–Kier alpha value is -1.46. The molecule has 0 amide bonds. The van der Waals surface area contributed by atoms with Crippen LogP contribution in [0.1, 0.15) is 25.0 Å². The van der Waals surface area contributed by atoms with E-state index in [1.165, 1.54) is 0 Å². The van der Waals surface area contributed by atoms with Crippen LogP contribution in [-0.4, -0.2) is 40.5 Å². The van der Waals surface area contributed by atoms with Gasteiger partial charge in [-0.05, 0) is 6.42 Å². The van der Waals surface area contributed by atoms with Gasteiger partial charge in [0, 0.05) is 25.2 Å². The van der Waals surface area contributed by atoms with Gasteiger partial charge in [0.15, 0.2) is 0 Å². The molecule has 1 N–H and O–H groups in total. The Labute approximate surface area is 120 Å². The fourth-order valence-corrected chi connectivity index (χ4v) is 2.46. The molecule has 0 saturated carbocycles. The highest BCUT2D eigenvalue weighted by atomic mass is 16.5. The molecular formula is C15H23NO4. The molecule has 0 aliphatic carbocycles. The third-order valence-electron chi connectivity index (χ3n) is 3.59. The van der Waals surface area contributed by atoms with Crippen molar-refractivity contribution in [2.45, 2.75) is 25.6 Å². The summed E-state index contributed by atoms with van der Waals surface area (Å²) in [6.07, 6.45) is 1.11. The number of rotatable bonds is 5. The van der Waals surface area contributed by atoms with Gasteiger partial charge in [0.1, 0.15) is 23.4 Å². The molecule has 20 heavy (non-hydrogen) atoms. The van der Waals surface area contributed by atoms with Crippen LogP contribution >= 0.6 is 0 Å². The van der Waals surface area contributed by atoms with E-state index >= 15 is 0 Å². The van der Waals surface area contributed by atoms with E-state index in [4.69, 9.17) is 18.9 Å². The molecule has 2 atom stereocenters. The fourth-order valence-electron chi connectivity index (χ4n) is 2.46. The largest absolute Gasteiger partial charge is 0.496 e. The van der Waals surface area contributed by atoms with Crippen molar-refractivity contribution in [1.29, 1.82) is 0 Å². The van der Waals surface area contributed by atoms with Gasteiger partial charge < -0.3 is 24.3 Å². The Bertz CT molecular complexity index is 424. The van der Waals surface area contributed by atoms with Gasteiger partial charge in [-0.15, -0.1) is 0 Å². The van der Waals surface area contributed by atoms with Crippen LogP contribution in [0.4, 0.5) is 0 Å². The third kappa shape index (κ3) is 2.99. The van der Waals surface area contributed by atoms with Crippen molar-refractivity contribution in [3.05, 3.63) is 17.7 Å². The molecule has 1 aliphatic rings. The normalized spacial score (nSPS) is 22.4. The van der Waals surface area contributed by atoms with Crippen LogP contribution in [0, 0.1) is 0 Å². The number of ether oxygens (including phenoxy) is 4. The predicted octanol–water partition coefficient (Wildman–Crippen LogP) is 2.15. The summed E-state index contributed by atoms with van der Waals surface area (Å²) in [5, 5.41) is 3.40. The molecule has 0 spiro atoms. The lowest BCUT2D eigenvalue weighted by Crippen LogP contribution is -2.40. The average Bonchev–Trinajstić information content (AvgIpc) is 2.53. The highest BCUT2D eigenvalue weighted by molar-refractivity contribution is 5.52. The van der Waals surface area contributed by atoms with Crippen LogP contribution in [0.3, 0.4) is 0 Å². The molecule has 0 aromatic heterocycles. The molecule has 1 saturated heterocycles. The quantitative estimate of drug-likeness (QED) is 0.896. The van der Waals surface area contributed by atoms with Crippen molar-refractivity contribution in [3.8, 4) is 17.2 Å². The maximum Gasteiger partial charge on any atom is 0.132 e. The van der Waals surface area contributed by atoms with Gasteiger partial charge in [-0.25, -0.2) is 0 Å². The second kappa shape index (κ2) is 6.81. The summed E-state index contributed by atoms with van der Waals surface area (Å²) < 4.78 is 22.4. The first kappa shape index (κ1) is 14.9. The molecule has 5 nitrogen and oxygen atoms in total. The van der Waals surface area contributed by atoms with Crippen LogP contribution in [-0.2, 0) is 4.74 Å². The zero-order valence-electron chi connectivity index (χ0n) is 12.6. The van der Waals surface area contributed by atoms with Crippen molar-refractivity contribution in [2.24, 2.45) is 0 Å². The van der Waals surface area contributed by atoms with Crippen LogP contribution < -0.4 is 19.5 Å². The first-order valence-electron chi connectivity index (χ1n) is 6.89. The predicted molar refractivity (Wildman–Crippen MR) is 76.9 cm³/mol. The van der Waals surface area contributed by atoms with Gasteiger partial charge in [-0.3, -0.25) is 0 Å². The van der Waals surface area contributed by atoms with Crippen LogP contribution in [0.25, 0.3) is 0 Å². The summed E-state index contributed by atoms with van der Waals surface area (Å²) in [5.41, 5.74) is 0.932. The van der Waals surface area contributed by atoms with E-state index in [2.05, 4.69) is 12.2 Å². The van der Waals surface area contributed by atoms with Crippen LogP contribution in [0.15, 0.2) is 12.1 Å². The number of methoxy groups -OCH3 is 3. The molecule has 0 bridgehead atoms. The van der Waals surface area contributed by atoms with Gasteiger partial charge in [-0.1, -0.05) is 6.92 Å². The minimum Gasteiger partial charge on any atom is -0.496 e. The Morgan fingerprint density at radius 3 is 2.25 bits per heavy atom. The Morgan fingerprint density at radius 1 is 1.10 bits per heavy atom. The minimum absolute atomic E-state index is 0.0792. The summed E-state index contributed by atoms with van der Waals surface area (Å²) in [6, 6.07) is 3.72. The summed E-state index contributed by atoms with van der Waals surface area (Å²) in [5.74, 6) is 2.16. The van der Waals surface area contributed by atoms with E-state index < -0.39 is 0 Å². The van der Waals surface area contributed by atoms with Gasteiger partial charge in [-0.2, -0.15) is 0 Å². The first-order chi connectivity index (χ1) is 9.73. The smallest absolute Gasteiger partial charge is 0.132 e. The zero-order valence-corrected chi connectivity index (χ0v) is 12.6. The van der Waals surface area contributed by atoms with Crippen molar-refractivity contribution in [1.82, 2.24) is 5.32 Å². The Kier molecular flexibility index (Phi) is 5.09. The second-order valence-corrected chi connectivity index (χ2v) is 4.76. The lowest BCUT2D eigenvalue weighted by atomic mass is 10.0. The standard InChI is InChI=1S/C15H23NO4/c1-5-10-8-16-9-14(20-10)15-12(18-3)6-11(17-2)7-13(15)19-4/h6-7,10,14,16H,5,8-9H2,1-4H3. The number of hydrogen-bond donors (Lipinski definition) is 1. The van der Waals surface area contributed by atoms with E-state index in [0.29, 0.717) is 5.75 Å². The Morgan fingerprint density at radius 2 is 1.75 bits per heavy atom. The molecule has 112 valence electrons.